The van der Waals surface area contributed by atoms with Crippen molar-refractivity contribution in [2.75, 3.05) is 0 Å². The molecule has 0 aliphatic rings. The van der Waals surface area contributed by atoms with E-state index in [-0.39, 0.29) is 12.1 Å². The molecule has 0 N–H and O–H groups in total. The Kier molecular flexibility index (Phi) is 14.0. The Balaban J connectivity index is 3.28. The van der Waals surface area contributed by atoms with Gasteiger partial charge in [0, 0.05) is 6.08 Å². The van der Waals surface area contributed by atoms with Crippen molar-refractivity contribution in [3.63, 3.8) is 0 Å². The first kappa shape index (κ1) is 19.2. The monoisotopic (exact) mass is 282 g/mol. The fourth-order valence-electron chi connectivity index (χ4n) is 2.07. The van der Waals surface area contributed by atoms with E-state index in [1.165, 1.54) is 57.8 Å². The van der Waals surface area contributed by atoms with Gasteiger partial charge in [-0.25, -0.2) is 4.79 Å². The van der Waals surface area contributed by atoms with E-state index < -0.39 is 0 Å². The second-order valence-corrected chi connectivity index (χ2v) is 5.68. The van der Waals surface area contributed by atoms with Gasteiger partial charge >= 0.3 is 5.97 Å². The Bertz CT molecular complexity index is 246. The molecule has 0 bridgehead atoms. The summed E-state index contributed by atoms with van der Waals surface area (Å²) in [6.45, 7) is 6.20. The van der Waals surface area contributed by atoms with Gasteiger partial charge in [-0.3, -0.25) is 0 Å². The average molecular weight is 282 g/mol. The lowest BCUT2D eigenvalue weighted by atomic mass is 10.1. The minimum atomic E-state index is -0.199. The van der Waals surface area contributed by atoms with E-state index in [2.05, 4.69) is 6.92 Å². The molecular weight excluding hydrogens is 248 g/mol. The highest BCUT2D eigenvalue weighted by molar-refractivity contribution is 5.81. The van der Waals surface area contributed by atoms with Crippen molar-refractivity contribution in [1.82, 2.24) is 0 Å². The summed E-state index contributed by atoms with van der Waals surface area (Å²) in [7, 11) is 0. The quantitative estimate of drug-likeness (QED) is 0.242. The van der Waals surface area contributed by atoms with E-state index in [4.69, 9.17) is 4.74 Å². The van der Waals surface area contributed by atoms with Gasteiger partial charge in [0.1, 0.15) is 0 Å². The summed E-state index contributed by atoms with van der Waals surface area (Å²) in [4.78, 5) is 11.4. The van der Waals surface area contributed by atoms with Crippen LogP contribution >= 0.6 is 0 Å². The van der Waals surface area contributed by atoms with Crippen molar-refractivity contribution in [1.29, 1.82) is 0 Å². The van der Waals surface area contributed by atoms with Crippen molar-refractivity contribution < 1.29 is 9.53 Å². The zero-order valence-electron chi connectivity index (χ0n) is 13.8. The van der Waals surface area contributed by atoms with E-state index in [1.54, 1.807) is 6.08 Å². The average Bonchev–Trinajstić information content (AvgIpc) is 2.44. The van der Waals surface area contributed by atoms with Gasteiger partial charge in [-0.1, -0.05) is 71.3 Å². The van der Waals surface area contributed by atoms with E-state index in [0.717, 1.165) is 12.8 Å². The summed E-state index contributed by atoms with van der Waals surface area (Å²) in [6.07, 6.45) is 17.5. The lowest BCUT2D eigenvalue weighted by Crippen LogP contribution is -2.11. The topological polar surface area (TPSA) is 26.3 Å². The molecule has 0 saturated heterocycles. The number of carbonyl (C=O) groups excluding carboxylic acids is 1. The van der Waals surface area contributed by atoms with Crippen molar-refractivity contribution >= 4 is 5.97 Å². The van der Waals surface area contributed by atoms with Crippen LogP contribution in [-0.4, -0.2) is 12.1 Å². The summed E-state index contributed by atoms with van der Waals surface area (Å²) in [5.41, 5.74) is 0. The highest BCUT2D eigenvalue weighted by Crippen LogP contribution is 2.10. The lowest BCUT2D eigenvalue weighted by molar-refractivity contribution is -0.142. The smallest absolute Gasteiger partial charge is 0.330 e. The van der Waals surface area contributed by atoms with Crippen LogP contribution in [0.1, 0.15) is 91.4 Å². The summed E-state index contributed by atoms with van der Waals surface area (Å²) < 4.78 is 5.17. The fourth-order valence-corrected chi connectivity index (χ4v) is 2.07. The van der Waals surface area contributed by atoms with Crippen LogP contribution in [0.4, 0.5) is 0 Å². The Morgan fingerprint density at radius 1 is 0.950 bits per heavy atom. The van der Waals surface area contributed by atoms with Crippen LogP contribution in [-0.2, 0) is 9.53 Å². The van der Waals surface area contributed by atoms with Gasteiger partial charge in [0.2, 0.25) is 0 Å². The van der Waals surface area contributed by atoms with Crippen LogP contribution in [0, 0.1) is 0 Å². The Labute approximate surface area is 126 Å². The van der Waals surface area contributed by atoms with Crippen molar-refractivity contribution in [2.45, 2.75) is 97.5 Å². The first-order valence-electron chi connectivity index (χ1n) is 8.57. The molecule has 1 unspecified atom stereocenters. The number of esters is 1. The lowest BCUT2D eigenvalue weighted by Gasteiger charge is -2.07. The molecule has 0 rings (SSSR count). The summed E-state index contributed by atoms with van der Waals surface area (Å²) >= 11 is 0. The minimum absolute atomic E-state index is 0.0276. The number of hydrogen-bond donors (Lipinski definition) is 0. The van der Waals surface area contributed by atoms with E-state index >= 15 is 0 Å². The molecule has 118 valence electrons. The molecule has 2 heteroatoms. The third kappa shape index (κ3) is 13.6. The largest absolute Gasteiger partial charge is 0.460 e. The van der Waals surface area contributed by atoms with Gasteiger partial charge in [0.15, 0.2) is 0 Å². The van der Waals surface area contributed by atoms with Crippen LogP contribution in [0.2, 0.25) is 0 Å². The predicted octanol–water partition coefficient (Wildman–Crippen LogP) is 5.81. The molecule has 1 atom stereocenters. The van der Waals surface area contributed by atoms with Crippen LogP contribution in [0.25, 0.3) is 0 Å². The fraction of sp³-hybridized carbons (Fsp3) is 0.833. The van der Waals surface area contributed by atoms with Crippen molar-refractivity contribution in [3.05, 3.63) is 12.2 Å². The normalized spacial score (nSPS) is 12.8. The minimum Gasteiger partial charge on any atom is -0.460 e. The molecule has 20 heavy (non-hydrogen) atoms. The van der Waals surface area contributed by atoms with Crippen molar-refractivity contribution in [2.24, 2.45) is 0 Å². The highest BCUT2D eigenvalue weighted by atomic mass is 16.5. The van der Waals surface area contributed by atoms with Crippen LogP contribution in [0.3, 0.4) is 0 Å². The molecule has 0 radical (unpaired) electrons. The molecule has 0 aliphatic carbocycles. The number of hydrogen-bond acceptors (Lipinski definition) is 2. The number of unbranched alkanes of at least 4 members (excludes halogenated alkanes) is 9. The molecule has 0 aromatic rings. The SMILES string of the molecule is CCCCCCCCCCCC=CC(=O)OC(C)CC. The molecular formula is C18H34O2. The Morgan fingerprint density at radius 3 is 2.05 bits per heavy atom. The molecule has 0 spiro atoms. The van der Waals surface area contributed by atoms with E-state index in [0.29, 0.717) is 0 Å². The van der Waals surface area contributed by atoms with E-state index in [9.17, 15) is 4.79 Å². The molecule has 0 heterocycles. The molecule has 2 nitrogen and oxygen atoms in total. The van der Waals surface area contributed by atoms with Gasteiger partial charge in [0.25, 0.3) is 0 Å². The Hall–Kier alpha value is -0.790. The van der Waals surface area contributed by atoms with Crippen molar-refractivity contribution in [3.8, 4) is 0 Å². The van der Waals surface area contributed by atoms with Crippen LogP contribution < -0.4 is 0 Å². The maximum Gasteiger partial charge on any atom is 0.330 e. The molecule has 0 aromatic carbocycles. The van der Waals surface area contributed by atoms with Gasteiger partial charge in [-0.15, -0.1) is 0 Å². The third-order valence-corrected chi connectivity index (χ3v) is 3.62. The molecule has 0 saturated carbocycles. The number of allylic oxidation sites excluding steroid dienone is 1. The summed E-state index contributed by atoms with van der Waals surface area (Å²) in [6, 6.07) is 0. The van der Waals surface area contributed by atoms with Crippen LogP contribution in [0.5, 0.6) is 0 Å². The third-order valence-electron chi connectivity index (χ3n) is 3.62. The molecule has 0 aliphatic heterocycles. The second-order valence-electron chi connectivity index (χ2n) is 5.68. The van der Waals surface area contributed by atoms with Gasteiger partial charge < -0.3 is 4.74 Å². The summed E-state index contributed by atoms with van der Waals surface area (Å²) in [5, 5.41) is 0. The number of ether oxygens (including phenoxy) is 1. The zero-order valence-corrected chi connectivity index (χ0v) is 13.8. The number of rotatable bonds is 13. The van der Waals surface area contributed by atoms with Crippen LogP contribution in [0.15, 0.2) is 12.2 Å². The highest BCUT2D eigenvalue weighted by Gasteiger charge is 2.02. The maximum absolute atomic E-state index is 11.4. The molecule has 0 fully saturated rings. The number of carbonyl (C=O) groups is 1. The maximum atomic E-state index is 11.4. The predicted molar refractivity (Wildman–Crippen MR) is 86.8 cm³/mol. The van der Waals surface area contributed by atoms with E-state index in [1.807, 2.05) is 19.9 Å². The molecule has 0 amide bonds. The standard InChI is InChI=1S/C18H34O2/c1-4-6-7-8-9-10-11-12-13-14-15-16-18(19)20-17(3)5-2/h15-17H,4-14H2,1-3H3. The van der Waals surface area contributed by atoms with Gasteiger partial charge in [-0.2, -0.15) is 0 Å². The molecule has 0 aromatic heterocycles. The second kappa shape index (κ2) is 14.6. The summed E-state index contributed by atoms with van der Waals surface area (Å²) in [5.74, 6) is -0.199. The first-order chi connectivity index (χ1) is 9.70. The Morgan fingerprint density at radius 2 is 1.50 bits per heavy atom. The zero-order chi connectivity index (χ0) is 15.1. The van der Waals surface area contributed by atoms with Gasteiger partial charge in [-0.05, 0) is 26.2 Å². The van der Waals surface area contributed by atoms with Gasteiger partial charge in [0.05, 0.1) is 6.10 Å². The first-order valence-corrected chi connectivity index (χ1v) is 8.57.